The van der Waals surface area contributed by atoms with Crippen LogP contribution in [-0.4, -0.2) is 47.5 Å². The Balaban J connectivity index is 6.05. The molecule has 2 atom stereocenters. The van der Waals surface area contributed by atoms with Crippen molar-refractivity contribution in [2.24, 2.45) is 0 Å². The van der Waals surface area contributed by atoms with Gasteiger partial charge in [-0.15, -0.1) is 0 Å². The maximum Gasteiger partial charge on any atom is 0.431 e. The SMILES string of the molecule is CCCC(=O)OC(C(F)(F)F)C(F)(F)C(O)(C(F)F)C(F)(F)F. The van der Waals surface area contributed by atoms with E-state index in [0.717, 1.165) is 0 Å². The molecule has 0 spiro atoms. The Morgan fingerprint density at radius 3 is 1.74 bits per heavy atom. The first-order valence-electron chi connectivity index (χ1n) is 5.74. The lowest BCUT2D eigenvalue weighted by molar-refractivity contribution is -0.401. The van der Waals surface area contributed by atoms with Gasteiger partial charge in [0.25, 0.3) is 18.1 Å². The number of aliphatic hydroxyl groups is 1. The second-order valence-corrected chi connectivity index (χ2v) is 4.35. The molecule has 0 radical (unpaired) electrons. The van der Waals surface area contributed by atoms with E-state index in [0.29, 0.717) is 0 Å². The highest BCUT2D eigenvalue weighted by molar-refractivity contribution is 5.69. The molecular weight excluding hydrogens is 358 g/mol. The molecule has 1 N–H and O–H groups in total. The van der Waals surface area contributed by atoms with E-state index in [1.165, 1.54) is 6.92 Å². The molecule has 0 aromatic rings. The third-order valence-electron chi connectivity index (χ3n) is 2.59. The molecule has 0 aromatic carbocycles. The Labute approximate surface area is 122 Å². The molecule has 0 saturated heterocycles. The van der Waals surface area contributed by atoms with Crippen molar-refractivity contribution >= 4 is 5.97 Å². The van der Waals surface area contributed by atoms with Crippen LogP contribution in [0.25, 0.3) is 0 Å². The first-order valence-corrected chi connectivity index (χ1v) is 5.74. The largest absolute Gasteiger partial charge is 0.446 e. The molecule has 0 rings (SSSR count). The molecule has 0 aliphatic rings. The summed E-state index contributed by atoms with van der Waals surface area (Å²) in [5.74, 6) is -8.59. The maximum absolute atomic E-state index is 13.5. The third-order valence-corrected chi connectivity index (χ3v) is 2.59. The minimum absolute atomic E-state index is 0.215. The van der Waals surface area contributed by atoms with E-state index in [4.69, 9.17) is 5.11 Å². The monoisotopic (exact) mass is 368 g/mol. The lowest BCUT2D eigenvalue weighted by Gasteiger charge is -2.40. The van der Waals surface area contributed by atoms with E-state index in [2.05, 4.69) is 4.74 Å². The molecule has 138 valence electrons. The van der Waals surface area contributed by atoms with Crippen LogP contribution in [0.15, 0.2) is 0 Å². The molecule has 0 saturated carbocycles. The van der Waals surface area contributed by atoms with Crippen LogP contribution in [0.2, 0.25) is 0 Å². The molecule has 0 aromatic heterocycles. The number of ether oxygens (including phenoxy) is 1. The van der Waals surface area contributed by atoms with E-state index >= 15 is 0 Å². The second-order valence-electron chi connectivity index (χ2n) is 4.35. The van der Waals surface area contributed by atoms with Crippen molar-refractivity contribution in [3.63, 3.8) is 0 Å². The van der Waals surface area contributed by atoms with Gasteiger partial charge in [0.05, 0.1) is 0 Å². The van der Waals surface area contributed by atoms with E-state index in [-0.39, 0.29) is 6.42 Å². The quantitative estimate of drug-likeness (QED) is 0.577. The molecule has 0 amide bonds. The van der Waals surface area contributed by atoms with Gasteiger partial charge in [0.2, 0.25) is 0 Å². The van der Waals surface area contributed by atoms with Crippen molar-refractivity contribution < 1.29 is 58.5 Å². The Morgan fingerprint density at radius 1 is 1.04 bits per heavy atom. The minimum atomic E-state index is -6.84. The second kappa shape index (κ2) is 6.69. The molecule has 0 aliphatic carbocycles. The summed E-state index contributed by atoms with van der Waals surface area (Å²) in [6, 6.07) is 0. The van der Waals surface area contributed by atoms with E-state index in [9.17, 15) is 48.7 Å². The number of hydrogen-bond acceptors (Lipinski definition) is 3. The Morgan fingerprint density at radius 2 is 1.48 bits per heavy atom. The maximum atomic E-state index is 13.5. The number of carbonyl (C=O) groups excluding carboxylic acids is 1. The zero-order valence-electron chi connectivity index (χ0n) is 11.1. The predicted molar refractivity (Wildman–Crippen MR) is 52.8 cm³/mol. The van der Waals surface area contributed by atoms with Gasteiger partial charge in [-0.1, -0.05) is 6.92 Å². The molecular formula is C10H10F10O3. The standard InChI is InChI=1S/C10H10F10O3/c1-2-3-4(21)23-5(9(15,16)17)8(13,14)7(22,6(11)12)10(18,19)20/h5-6,22H,2-3H2,1H3. The van der Waals surface area contributed by atoms with Crippen LogP contribution in [-0.2, 0) is 9.53 Å². The molecule has 0 heterocycles. The lowest BCUT2D eigenvalue weighted by Crippen LogP contribution is -2.70. The Kier molecular flexibility index (Phi) is 6.32. The van der Waals surface area contributed by atoms with Gasteiger partial charge in [-0.3, -0.25) is 4.79 Å². The summed E-state index contributed by atoms with van der Waals surface area (Å²) in [6.45, 7) is 1.20. The number of rotatable bonds is 6. The third kappa shape index (κ3) is 4.18. The minimum Gasteiger partial charge on any atom is -0.446 e. The highest BCUT2D eigenvalue weighted by Gasteiger charge is 2.81. The fourth-order valence-corrected chi connectivity index (χ4v) is 1.40. The van der Waals surface area contributed by atoms with Gasteiger partial charge in [-0.2, -0.15) is 35.1 Å². The fourth-order valence-electron chi connectivity index (χ4n) is 1.40. The van der Waals surface area contributed by atoms with Crippen molar-refractivity contribution in [1.82, 2.24) is 0 Å². The lowest BCUT2D eigenvalue weighted by atomic mass is 9.90. The highest BCUT2D eigenvalue weighted by atomic mass is 19.4. The number of alkyl halides is 10. The molecule has 3 nitrogen and oxygen atoms in total. The van der Waals surface area contributed by atoms with Crippen LogP contribution in [0, 0.1) is 0 Å². The van der Waals surface area contributed by atoms with Crippen LogP contribution >= 0.6 is 0 Å². The van der Waals surface area contributed by atoms with Crippen LogP contribution in [0.3, 0.4) is 0 Å². The summed E-state index contributed by atoms with van der Waals surface area (Å²) in [6.07, 6.45) is -24.5. The van der Waals surface area contributed by atoms with Crippen LogP contribution in [0.4, 0.5) is 43.9 Å². The van der Waals surface area contributed by atoms with Crippen molar-refractivity contribution in [2.75, 3.05) is 0 Å². The van der Waals surface area contributed by atoms with Gasteiger partial charge < -0.3 is 9.84 Å². The van der Waals surface area contributed by atoms with Crippen LogP contribution in [0.5, 0.6) is 0 Å². The van der Waals surface area contributed by atoms with Gasteiger partial charge in [-0.05, 0) is 6.42 Å². The number of carbonyl (C=O) groups is 1. The first kappa shape index (κ1) is 21.7. The average molecular weight is 368 g/mol. The normalized spacial score (nSPS) is 17.8. The van der Waals surface area contributed by atoms with Crippen molar-refractivity contribution in [3.05, 3.63) is 0 Å². The summed E-state index contributed by atoms with van der Waals surface area (Å²) in [5, 5.41) is 8.61. The number of esters is 1. The highest BCUT2D eigenvalue weighted by Crippen LogP contribution is 2.51. The van der Waals surface area contributed by atoms with Gasteiger partial charge in [0.1, 0.15) is 0 Å². The molecule has 2 unspecified atom stereocenters. The van der Waals surface area contributed by atoms with Crippen molar-refractivity contribution in [1.29, 1.82) is 0 Å². The summed E-state index contributed by atoms with van der Waals surface area (Å²) in [4.78, 5) is 10.9. The van der Waals surface area contributed by atoms with Crippen molar-refractivity contribution in [3.8, 4) is 0 Å². The summed E-state index contributed by atoms with van der Waals surface area (Å²) >= 11 is 0. The first-order chi connectivity index (χ1) is 10.0. The van der Waals surface area contributed by atoms with Crippen LogP contribution in [0.1, 0.15) is 19.8 Å². The van der Waals surface area contributed by atoms with Gasteiger partial charge in [-0.25, -0.2) is 8.78 Å². The zero-order valence-corrected chi connectivity index (χ0v) is 11.1. The molecule has 13 heteroatoms. The molecule has 0 fully saturated rings. The summed E-state index contributed by atoms with van der Waals surface area (Å²) in [5.41, 5.74) is -6.37. The van der Waals surface area contributed by atoms with E-state index < -0.39 is 48.8 Å². The molecule has 0 aliphatic heterocycles. The van der Waals surface area contributed by atoms with E-state index in [1.54, 1.807) is 0 Å². The number of hydrogen-bond donors (Lipinski definition) is 1. The van der Waals surface area contributed by atoms with Gasteiger partial charge >= 0.3 is 24.2 Å². The Bertz CT molecular complexity index is 416. The Hall–Kier alpha value is -1.27. The van der Waals surface area contributed by atoms with Crippen molar-refractivity contribution in [2.45, 2.75) is 56.2 Å². The average Bonchev–Trinajstić information content (AvgIpc) is 2.31. The molecule has 23 heavy (non-hydrogen) atoms. The summed E-state index contributed by atoms with van der Waals surface area (Å²) in [7, 11) is 0. The van der Waals surface area contributed by atoms with Gasteiger partial charge in [0.15, 0.2) is 0 Å². The zero-order chi connectivity index (χ0) is 18.9. The fraction of sp³-hybridized carbons (Fsp3) is 0.900. The summed E-state index contributed by atoms with van der Waals surface area (Å²) < 4.78 is 130. The van der Waals surface area contributed by atoms with Crippen LogP contribution < -0.4 is 0 Å². The molecule has 0 bridgehead atoms. The van der Waals surface area contributed by atoms with E-state index in [1.807, 2.05) is 0 Å². The topological polar surface area (TPSA) is 46.5 Å². The van der Waals surface area contributed by atoms with Gasteiger partial charge in [0, 0.05) is 6.42 Å². The smallest absolute Gasteiger partial charge is 0.431 e. The predicted octanol–water partition coefficient (Wildman–Crippen LogP) is 3.45. The number of halogens is 10.